The molecule has 1 atom stereocenters. The van der Waals surface area contributed by atoms with Crippen LogP contribution in [-0.4, -0.2) is 63.8 Å². The zero-order chi connectivity index (χ0) is 26.9. The van der Waals surface area contributed by atoms with Crippen LogP contribution in [0.4, 0.5) is 0 Å². The minimum Gasteiger partial charge on any atom is -0.383 e. The molecule has 2 aromatic heterocycles. The number of benzene rings is 1. The Balaban J connectivity index is 1.62. The van der Waals surface area contributed by atoms with Gasteiger partial charge in [-0.1, -0.05) is 0 Å². The number of aromatic nitrogens is 3. The Kier molecular flexibility index (Phi) is 6.90. The fourth-order valence-electron chi connectivity index (χ4n) is 3.27. The van der Waals surface area contributed by atoms with Gasteiger partial charge in [0.05, 0.1) is 27.6 Å². The largest absolute Gasteiger partial charge is 0.383 e. The van der Waals surface area contributed by atoms with Crippen molar-refractivity contribution in [1.29, 1.82) is 0 Å². The molecule has 1 unspecified atom stereocenters. The molecule has 0 radical (unpaired) electrons. The molecule has 4 rings (SSSR count). The Morgan fingerprint density at radius 3 is 2.68 bits per heavy atom. The van der Waals surface area contributed by atoms with Gasteiger partial charge in [-0.3, -0.25) is 29.2 Å². The summed E-state index contributed by atoms with van der Waals surface area (Å²) in [4.78, 5) is 75.2. The Labute approximate surface area is 210 Å². The van der Waals surface area contributed by atoms with Crippen LogP contribution in [0, 0.1) is 0 Å². The van der Waals surface area contributed by atoms with E-state index >= 15 is 0 Å². The van der Waals surface area contributed by atoms with Crippen molar-refractivity contribution in [3.63, 3.8) is 0 Å². The zero-order valence-corrected chi connectivity index (χ0v) is 20.1. The van der Waals surface area contributed by atoms with Crippen molar-refractivity contribution in [2.45, 2.75) is 18.7 Å². The Morgan fingerprint density at radius 2 is 1.97 bits per heavy atom. The average Bonchev–Trinajstić information content (AvgIpc) is 3.11. The highest BCUT2D eigenvalue weighted by atomic mass is 32.2. The number of amides is 3. The molecule has 37 heavy (non-hydrogen) atoms. The van der Waals surface area contributed by atoms with Crippen molar-refractivity contribution in [2.24, 2.45) is 0 Å². The summed E-state index contributed by atoms with van der Waals surface area (Å²) in [5.41, 5.74) is -1.00. The summed E-state index contributed by atoms with van der Waals surface area (Å²) < 4.78 is 12.9. The number of hydroxylamine groups is 3. The van der Waals surface area contributed by atoms with E-state index in [-0.39, 0.29) is 43.8 Å². The fraction of sp³-hybridized carbons (Fsp3) is 0.136. The molecule has 190 valence electrons. The molecule has 0 aliphatic carbocycles. The normalized spacial score (nSPS) is 14.6. The quantitative estimate of drug-likeness (QED) is 0.197. The Hall–Kier alpha value is -4.76. The van der Waals surface area contributed by atoms with Crippen LogP contribution in [0.3, 0.4) is 0 Å². The predicted molar refractivity (Wildman–Crippen MR) is 125 cm³/mol. The highest BCUT2D eigenvalue weighted by molar-refractivity contribution is 7.83. The fourth-order valence-corrected chi connectivity index (χ4v) is 4.28. The van der Waals surface area contributed by atoms with Crippen LogP contribution in [0.1, 0.15) is 45.1 Å². The molecule has 1 aliphatic rings. The molecule has 0 fully saturated rings. The summed E-state index contributed by atoms with van der Waals surface area (Å²) >= 11 is 0. The minimum absolute atomic E-state index is 0.0393. The molecule has 3 aromatic rings. The van der Waals surface area contributed by atoms with Crippen molar-refractivity contribution in [3.05, 3.63) is 76.3 Å². The highest BCUT2D eigenvalue weighted by Gasteiger charge is 2.34. The molecule has 2 N–H and O–H groups in total. The lowest BCUT2D eigenvalue weighted by Gasteiger charge is -2.18. The summed E-state index contributed by atoms with van der Waals surface area (Å²) in [6, 6.07) is 4.75. The number of carbonyl (C=O) groups excluding carboxylic acids is 4. The number of nitrogens with zero attached hydrogens (tertiary/aromatic N) is 5. The summed E-state index contributed by atoms with van der Waals surface area (Å²) in [6.45, 7) is 2.61. The predicted octanol–water partition coefficient (Wildman–Crippen LogP) is 0.349. The lowest BCUT2D eigenvalue weighted by atomic mass is 10.1. The smallest absolute Gasteiger partial charge is 0.291 e. The molecular weight excluding hydrogens is 508 g/mol. The number of carbonyl (C=O) groups is 4. The van der Waals surface area contributed by atoms with E-state index in [1.54, 1.807) is 13.0 Å². The number of pyridine rings is 1. The minimum atomic E-state index is -2.21. The SMILES string of the molecule is C/C=C\ON(CNC(=O)c1cc2c(=O)n(C(=O)c3ccc4c(c3)S(=O)N(O)C4=O)cnc2cn1)C(C)=O. The van der Waals surface area contributed by atoms with E-state index in [2.05, 4.69) is 15.3 Å². The van der Waals surface area contributed by atoms with Gasteiger partial charge in [0, 0.05) is 12.5 Å². The van der Waals surface area contributed by atoms with E-state index in [4.69, 9.17) is 4.84 Å². The third kappa shape index (κ3) is 4.72. The first-order valence-corrected chi connectivity index (χ1v) is 11.6. The molecule has 0 saturated heterocycles. The van der Waals surface area contributed by atoms with Crippen molar-refractivity contribution < 1.29 is 33.4 Å². The summed E-state index contributed by atoms with van der Waals surface area (Å²) in [5.74, 6) is -2.92. The van der Waals surface area contributed by atoms with E-state index in [0.29, 0.717) is 4.57 Å². The summed E-state index contributed by atoms with van der Waals surface area (Å²) in [7, 11) is -2.21. The van der Waals surface area contributed by atoms with Crippen LogP contribution >= 0.6 is 0 Å². The van der Waals surface area contributed by atoms with E-state index in [0.717, 1.165) is 23.5 Å². The van der Waals surface area contributed by atoms with Crippen molar-refractivity contribution in [1.82, 2.24) is 29.4 Å². The molecule has 3 heterocycles. The van der Waals surface area contributed by atoms with Crippen LogP contribution in [-0.2, 0) is 20.6 Å². The van der Waals surface area contributed by atoms with E-state index in [1.807, 2.05) is 0 Å². The number of hydrogen-bond donors (Lipinski definition) is 2. The second-order valence-corrected chi connectivity index (χ2v) is 8.77. The third-order valence-electron chi connectivity index (χ3n) is 5.13. The van der Waals surface area contributed by atoms with Crippen LogP contribution in [0.2, 0.25) is 0 Å². The summed E-state index contributed by atoms with van der Waals surface area (Å²) in [6.07, 6.45) is 4.96. The maximum atomic E-state index is 13.1. The number of allylic oxidation sites excluding steroid dienone is 1. The number of nitrogens with one attached hydrogen (secondary N) is 1. The Bertz CT molecular complexity index is 1580. The molecule has 0 saturated carbocycles. The molecular formula is C22H18N6O8S. The van der Waals surface area contributed by atoms with Gasteiger partial charge in [0.25, 0.3) is 29.2 Å². The molecule has 15 heteroatoms. The van der Waals surface area contributed by atoms with E-state index in [9.17, 15) is 33.4 Å². The first kappa shape index (κ1) is 25.3. The van der Waals surface area contributed by atoms with Gasteiger partial charge in [0.1, 0.15) is 25.0 Å². The second-order valence-electron chi connectivity index (χ2n) is 7.49. The van der Waals surface area contributed by atoms with E-state index < -0.39 is 40.2 Å². The van der Waals surface area contributed by atoms with Gasteiger partial charge >= 0.3 is 0 Å². The summed E-state index contributed by atoms with van der Waals surface area (Å²) in [5, 5.41) is 12.8. The molecule has 3 amide bonds. The zero-order valence-electron chi connectivity index (χ0n) is 19.3. The van der Waals surface area contributed by atoms with Gasteiger partial charge in [-0.05, 0) is 37.3 Å². The standard InChI is InChI=1S/C22H18N6O8S/c1-3-6-36-27(12(2)29)11-25-19(30)16-8-15-17(9-23-16)24-10-26(21(15)32)20(31)13-4-5-14-18(7-13)37(35)28(34)22(14)33/h3-10,34H,11H2,1-2H3,(H,25,30)/b6-3-. The van der Waals surface area contributed by atoms with Crippen LogP contribution in [0.15, 0.2) is 58.8 Å². The molecule has 0 bridgehead atoms. The third-order valence-corrected chi connectivity index (χ3v) is 6.33. The van der Waals surface area contributed by atoms with Crippen LogP contribution < -0.4 is 10.9 Å². The second kappa shape index (κ2) is 10.1. The van der Waals surface area contributed by atoms with Gasteiger partial charge in [0.2, 0.25) is 0 Å². The van der Waals surface area contributed by atoms with Gasteiger partial charge < -0.3 is 10.2 Å². The van der Waals surface area contributed by atoms with Gasteiger partial charge in [0.15, 0.2) is 11.0 Å². The molecule has 0 spiro atoms. The maximum Gasteiger partial charge on any atom is 0.291 e. The van der Waals surface area contributed by atoms with Crippen LogP contribution in [0.25, 0.3) is 10.9 Å². The number of hydrogen-bond acceptors (Lipinski definition) is 10. The topological polar surface area (TPSA) is 181 Å². The van der Waals surface area contributed by atoms with Gasteiger partial charge in [-0.2, -0.15) is 5.06 Å². The van der Waals surface area contributed by atoms with E-state index in [1.165, 1.54) is 31.5 Å². The first-order chi connectivity index (χ1) is 17.6. The van der Waals surface area contributed by atoms with Gasteiger partial charge in [-0.25, -0.2) is 18.7 Å². The maximum absolute atomic E-state index is 13.1. The van der Waals surface area contributed by atoms with Gasteiger partial charge in [-0.15, -0.1) is 4.47 Å². The van der Waals surface area contributed by atoms with Crippen molar-refractivity contribution in [3.8, 4) is 0 Å². The lowest BCUT2D eigenvalue weighted by molar-refractivity contribution is -0.165. The number of rotatable bonds is 6. The first-order valence-electron chi connectivity index (χ1n) is 10.5. The average molecular weight is 526 g/mol. The Morgan fingerprint density at radius 1 is 1.22 bits per heavy atom. The van der Waals surface area contributed by atoms with Crippen LogP contribution in [0.5, 0.6) is 0 Å². The monoisotopic (exact) mass is 526 g/mol. The highest BCUT2D eigenvalue weighted by Crippen LogP contribution is 2.26. The molecule has 14 nitrogen and oxygen atoms in total. The molecule has 1 aromatic carbocycles. The van der Waals surface area contributed by atoms with Crippen molar-refractivity contribution in [2.75, 3.05) is 6.67 Å². The lowest BCUT2D eigenvalue weighted by Crippen LogP contribution is -2.39. The molecule has 1 aliphatic heterocycles. The number of fused-ring (bicyclic) bond motifs is 2. The van der Waals surface area contributed by atoms with Crippen molar-refractivity contribution >= 4 is 45.5 Å².